The number of aromatic amines is 1. The van der Waals surface area contributed by atoms with Crippen LogP contribution in [0.5, 0.6) is 0 Å². The molecule has 0 saturated carbocycles. The van der Waals surface area contributed by atoms with Crippen LogP contribution in [0.15, 0.2) is 77.7 Å². The summed E-state index contributed by atoms with van der Waals surface area (Å²) in [4.78, 5) is 14.1. The van der Waals surface area contributed by atoms with E-state index in [9.17, 15) is 4.79 Å². The highest BCUT2D eigenvalue weighted by Crippen LogP contribution is 2.21. The van der Waals surface area contributed by atoms with Gasteiger partial charge in [0.25, 0.3) is 5.56 Å². The van der Waals surface area contributed by atoms with Crippen molar-refractivity contribution in [1.82, 2.24) is 15.6 Å². The van der Waals surface area contributed by atoms with E-state index in [1.54, 1.807) is 12.3 Å². The first-order chi connectivity index (χ1) is 15.8. The topological polar surface area (TPSA) is 92.7 Å². The van der Waals surface area contributed by atoms with E-state index >= 15 is 0 Å². The third-order valence-corrected chi connectivity index (χ3v) is 5.31. The summed E-state index contributed by atoms with van der Waals surface area (Å²) in [5, 5.41) is 19.4. The van der Waals surface area contributed by atoms with Gasteiger partial charge in [-0.15, -0.1) is 0 Å². The molecule has 6 heteroatoms. The van der Waals surface area contributed by atoms with Gasteiger partial charge in [0, 0.05) is 12.7 Å². The number of unbranched alkanes of at least 4 members (excludes halogenated alkanes) is 1. The summed E-state index contributed by atoms with van der Waals surface area (Å²) >= 11 is 0. The van der Waals surface area contributed by atoms with Crippen LogP contribution in [0.2, 0.25) is 0 Å². The molecule has 0 aliphatic rings. The highest BCUT2D eigenvalue weighted by molar-refractivity contribution is 5.55. The Morgan fingerprint density at radius 2 is 1.44 bits per heavy atom. The van der Waals surface area contributed by atoms with Crippen LogP contribution in [0, 0.1) is 11.3 Å². The number of nitriles is 1. The lowest BCUT2D eigenvalue weighted by atomic mass is 9.98. The van der Waals surface area contributed by atoms with Gasteiger partial charge in [0.15, 0.2) is 0 Å². The smallest absolute Gasteiger partial charge is 0.267 e. The molecule has 0 spiro atoms. The van der Waals surface area contributed by atoms with Gasteiger partial charge in [-0.1, -0.05) is 60.7 Å². The molecule has 0 saturated heterocycles. The molecule has 1 aromatic heterocycles. The zero-order valence-corrected chi connectivity index (χ0v) is 18.3. The van der Waals surface area contributed by atoms with Gasteiger partial charge in [-0.2, -0.15) is 5.26 Å². The summed E-state index contributed by atoms with van der Waals surface area (Å²) in [7, 11) is 0. The van der Waals surface area contributed by atoms with Crippen LogP contribution in [-0.4, -0.2) is 31.2 Å². The minimum absolute atomic E-state index is 0.136. The van der Waals surface area contributed by atoms with Crippen molar-refractivity contribution in [1.29, 1.82) is 5.26 Å². The van der Waals surface area contributed by atoms with E-state index in [1.807, 2.05) is 6.07 Å². The second-order valence-corrected chi connectivity index (χ2v) is 7.65. The lowest BCUT2D eigenvalue weighted by molar-refractivity contribution is 0.547. The normalized spacial score (nSPS) is 10.8. The fourth-order valence-corrected chi connectivity index (χ4v) is 3.64. The molecule has 0 unspecified atom stereocenters. The second-order valence-electron chi connectivity index (χ2n) is 7.65. The summed E-state index contributed by atoms with van der Waals surface area (Å²) in [6.07, 6.45) is 4.67. The van der Waals surface area contributed by atoms with Crippen LogP contribution in [0.4, 0.5) is 5.69 Å². The molecule has 0 aliphatic carbocycles. The maximum Gasteiger partial charge on any atom is 0.267 e. The Morgan fingerprint density at radius 3 is 2.09 bits per heavy atom. The number of anilines is 1. The minimum Gasteiger partial charge on any atom is -0.384 e. The Bertz CT molecular complexity index is 988. The number of benzene rings is 2. The maximum absolute atomic E-state index is 11.6. The maximum atomic E-state index is 11.6. The Kier molecular flexibility index (Phi) is 9.53. The first kappa shape index (κ1) is 23.3. The lowest BCUT2D eigenvalue weighted by Crippen LogP contribution is -2.25. The fourth-order valence-electron chi connectivity index (χ4n) is 3.64. The van der Waals surface area contributed by atoms with E-state index in [0.29, 0.717) is 12.2 Å². The lowest BCUT2D eigenvalue weighted by Gasteiger charge is -2.20. The van der Waals surface area contributed by atoms with Gasteiger partial charge in [0.05, 0.1) is 11.7 Å². The predicted molar refractivity (Wildman–Crippen MR) is 130 cm³/mol. The van der Waals surface area contributed by atoms with Gasteiger partial charge in [-0.25, -0.2) is 0 Å². The third kappa shape index (κ3) is 7.09. The Balaban J connectivity index is 1.31. The largest absolute Gasteiger partial charge is 0.384 e. The van der Waals surface area contributed by atoms with Gasteiger partial charge >= 0.3 is 0 Å². The summed E-state index contributed by atoms with van der Waals surface area (Å²) in [5.41, 5.74) is 2.94. The number of rotatable bonds is 13. The highest BCUT2D eigenvalue weighted by atomic mass is 16.1. The van der Waals surface area contributed by atoms with Gasteiger partial charge < -0.3 is 20.9 Å². The van der Waals surface area contributed by atoms with Crippen molar-refractivity contribution < 1.29 is 0 Å². The van der Waals surface area contributed by atoms with Crippen molar-refractivity contribution >= 4 is 5.69 Å². The number of hydrogen-bond acceptors (Lipinski definition) is 5. The number of pyridine rings is 1. The van der Waals surface area contributed by atoms with Crippen molar-refractivity contribution in [2.45, 2.75) is 25.3 Å². The minimum atomic E-state index is -0.356. The van der Waals surface area contributed by atoms with Gasteiger partial charge in [-0.05, 0) is 56.1 Å². The third-order valence-electron chi connectivity index (χ3n) is 5.31. The Morgan fingerprint density at radius 1 is 0.812 bits per heavy atom. The SMILES string of the molecule is N#Cc1c(NCCCNCCCCNC(c2ccccc2)c2ccccc2)cc[nH]c1=O. The van der Waals surface area contributed by atoms with E-state index in [1.165, 1.54) is 11.1 Å². The van der Waals surface area contributed by atoms with E-state index in [-0.39, 0.29) is 17.2 Å². The van der Waals surface area contributed by atoms with E-state index in [2.05, 4.69) is 81.6 Å². The fraction of sp³-hybridized carbons (Fsp3) is 0.308. The predicted octanol–water partition coefficient (Wildman–Crippen LogP) is 3.80. The van der Waals surface area contributed by atoms with Crippen LogP contribution in [0.1, 0.15) is 42.0 Å². The molecule has 3 rings (SSSR count). The molecule has 0 atom stereocenters. The molecule has 4 N–H and O–H groups in total. The quantitative estimate of drug-likeness (QED) is 0.310. The molecule has 0 aliphatic heterocycles. The van der Waals surface area contributed by atoms with Crippen molar-refractivity contribution in [2.75, 3.05) is 31.5 Å². The molecule has 0 amide bonds. The molecule has 1 heterocycles. The molecule has 166 valence electrons. The Hall–Kier alpha value is -3.40. The van der Waals surface area contributed by atoms with E-state index in [4.69, 9.17) is 5.26 Å². The van der Waals surface area contributed by atoms with E-state index < -0.39 is 0 Å². The molecular formula is C26H31N5O. The molecule has 6 nitrogen and oxygen atoms in total. The number of nitrogens with one attached hydrogen (secondary N) is 4. The molecule has 32 heavy (non-hydrogen) atoms. The summed E-state index contributed by atoms with van der Waals surface area (Å²) in [6, 6.07) is 25.0. The summed E-state index contributed by atoms with van der Waals surface area (Å²) in [5.74, 6) is 0. The van der Waals surface area contributed by atoms with Crippen LogP contribution >= 0.6 is 0 Å². The first-order valence-electron chi connectivity index (χ1n) is 11.2. The number of nitrogens with zero attached hydrogens (tertiary/aromatic N) is 1. The molecule has 2 aromatic carbocycles. The second kappa shape index (κ2) is 13.1. The van der Waals surface area contributed by atoms with Gasteiger partial charge in [-0.3, -0.25) is 4.79 Å². The zero-order valence-electron chi connectivity index (χ0n) is 18.3. The van der Waals surface area contributed by atoms with Crippen molar-refractivity contribution in [2.24, 2.45) is 0 Å². The van der Waals surface area contributed by atoms with Crippen LogP contribution in [0.25, 0.3) is 0 Å². The van der Waals surface area contributed by atoms with Gasteiger partial charge in [0.2, 0.25) is 0 Å². The average molecular weight is 430 g/mol. The number of H-pyrrole nitrogens is 1. The number of aromatic nitrogens is 1. The molecule has 0 radical (unpaired) electrons. The Labute approximate surface area is 189 Å². The zero-order chi connectivity index (χ0) is 22.4. The van der Waals surface area contributed by atoms with Crippen LogP contribution in [0.3, 0.4) is 0 Å². The van der Waals surface area contributed by atoms with Crippen molar-refractivity contribution in [3.05, 3.63) is 100.0 Å². The molecule has 3 aromatic rings. The standard InChI is InChI=1S/C26H31N5O/c27-20-23-24(14-19-31-26(23)32)29-18-9-16-28-15-7-8-17-30-25(21-10-3-1-4-11-21)22-12-5-2-6-13-22/h1-6,10-14,19,25,28,30H,7-9,15-18H2,(H2,29,31,32). The molecular weight excluding hydrogens is 398 g/mol. The summed E-state index contributed by atoms with van der Waals surface area (Å²) in [6.45, 7) is 3.53. The number of hydrogen-bond donors (Lipinski definition) is 4. The highest BCUT2D eigenvalue weighted by Gasteiger charge is 2.12. The molecule has 0 bridgehead atoms. The van der Waals surface area contributed by atoms with Crippen LogP contribution < -0.4 is 21.5 Å². The summed E-state index contributed by atoms with van der Waals surface area (Å²) < 4.78 is 0. The molecule has 0 fully saturated rings. The van der Waals surface area contributed by atoms with Crippen molar-refractivity contribution in [3.8, 4) is 6.07 Å². The van der Waals surface area contributed by atoms with E-state index in [0.717, 1.165) is 38.9 Å². The monoisotopic (exact) mass is 429 g/mol. The average Bonchev–Trinajstić information content (AvgIpc) is 2.84. The van der Waals surface area contributed by atoms with Crippen LogP contribution in [-0.2, 0) is 0 Å². The van der Waals surface area contributed by atoms with Crippen molar-refractivity contribution in [3.63, 3.8) is 0 Å². The first-order valence-corrected chi connectivity index (χ1v) is 11.2. The van der Waals surface area contributed by atoms with Gasteiger partial charge in [0.1, 0.15) is 11.6 Å².